The third-order valence-electron chi connectivity index (χ3n) is 6.81. The van der Waals surface area contributed by atoms with Gasteiger partial charge in [0.05, 0.1) is 30.5 Å². The molecule has 3 N–H and O–H groups in total. The molecule has 4 unspecified atom stereocenters. The molecule has 1 spiro atoms. The number of carbonyl (C=O) groups excluding carboxylic acids is 1. The zero-order chi connectivity index (χ0) is 31.6. The topological polar surface area (TPSA) is 107 Å². The summed E-state index contributed by atoms with van der Waals surface area (Å²) in [5.41, 5.74) is 1.67. The zero-order valence-electron chi connectivity index (χ0n) is 27.5. The molecule has 3 rings (SSSR count). The van der Waals surface area contributed by atoms with Gasteiger partial charge in [0.1, 0.15) is 0 Å². The third kappa shape index (κ3) is 15.6. The van der Waals surface area contributed by atoms with E-state index in [1.165, 1.54) is 37.7 Å². The van der Waals surface area contributed by atoms with Crippen molar-refractivity contribution in [3.05, 3.63) is 11.6 Å². The molecule has 40 heavy (non-hydrogen) atoms. The van der Waals surface area contributed by atoms with Gasteiger partial charge in [-0.25, -0.2) is 4.79 Å². The van der Waals surface area contributed by atoms with Gasteiger partial charge >= 0.3 is 6.09 Å². The molecular weight excluding hydrogens is 506 g/mol. The van der Waals surface area contributed by atoms with Crippen LogP contribution < -0.4 is 10.6 Å². The van der Waals surface area contributed by atoms with Crippen molar-refractivity contribution in [2.75, 3.05) is 40.3 Å². The monoisotopic (exact) mass is 567 g/mol. The molecule has 2 heterocycles. The predicted molar refractivity (Wildman–Crippen MR) is 167 cm³/mol. The van der Waals surface area contributed by atoms with Crippen molar-refractivity contribution < 1.29 is 24.2 Å². The highest BCUT2D eigenvalue weighted by Crippen LogP contribution is 2.58. The lowest BCUT2D eigenvalue weighted by Gasteiger charge is -2.32. The molecular formula is C32H61N3O5. The molecule has 2 amide bonds. The second-order valence-corrected chi connectivity index (χ2v) is 12.0. The minimum atomic E-state index is -1.19. The number of terminal acetylenes is 1. The van der Waals surface area contributed by atoms with Crippen molar-refractivity contribution in [2.24, 2.45) is 11.3 Å². The number of epoxide rings is 2. The number of hydrogen-bond donors (Lipinski definition) is 3. The number of hydrogen-bond acceptors (Lipinski definition) is 5. The van der Waals surface area contributed by atoms with Gasteiger partial charge in [-0.2, -0.15) is 0 Å². The average molecular weight is 568 g/mol. The van der Waals surface area contributed by atoms with Crippen LogP contribution in [0, 0.1) is 24.2 Å². The summed E-state index contributed by atoms with van der Waals surface area (Å²) < 4.78 is 11.8. The average Bonchev–Trinajstić information content (AvgIpc) is 3.80. The molecule has 8 heteroatoms. The Balaban J connectivity index is 0. The Morgan fingerprint density at radius 2 is 1.68 bits per heavy atom. The number of ether oxygens (including phenoxy) is 2. The SMILES string of the molecule is C#C.CC.CC(C)=CCC1OC1(C)C1CCCCC12CO2.CCC.CN(C)CC(C)(C)CNC(=O)CNC(=O)O. The Hall–Kier alpha value is -2.08. The van der Waals surface area contributed by atoms with E-state index < -0.39 is 6.09 Å². The van der Waals surface area contributed by atoms with E-state index >= 15 is 0 Å². The molecule has 1 aliphatic carbocycles. The number of nitrogens with zero attached hydrogens (tertiary/aromatic N) is 1. The standard InChI is InChI=1S/C15H24O2.C10H21N3O3.C3H8.C2H6.C2H2/c1-11(2)7-8-13-14(3,17-13)12-6-4-5-9-15(12)10-16-15;1-10(2,7-13(3)4)6-12-8(14)5-11-9(15)16;1-3-2;2*1-2/h7,12-13H,4-6,8-10H2,1-3H3;11H,5-7H2,1-4H3,(H,12,14)(H,15,16);3H2,1-2H3;1-2H3;1-2H. The van der Waals surface area contributed by atoms with Gasteiger partial charge in [0.15, 0.2) is 0 Å². The first kappa shape index (κ1) is 40.1. The maximum Gasteiger partial charge on any atom is 0.405 e. The molecule has 2 aliphatic heterocycles. The Bertz CT molecular complexity index is 770. The fourth-order valence-corrected chi connectivity index (χ4v) is 5.13. The molecule has 0 aromatic heterocycles. The van der Waals surface area contributed by atoms with Crippen molar-refractivity contribution in [3.8, 4) is 12.8 Å². The minimum absolute atomic E-state index is 0.0393. The van der Waals surface area contributed by atoms with Crippen LogP contribution in [0.1, 0.15) is 101 Å². The fraction of sp³-hybridized carbons (Fsp3) is 0.812. The van der Waals surface area contributed by atoms with Crippen LogP contribution in [0.15, 0.2) is 11.6 Å². The number of rotatable bonds is 9. The van der Waals surface area contributed by atoms with Gasteiger partial charge in [-0.1, -0.05) is 72.5 Å². The summed E-state index contributed by atoms with van der Waals surface area (Å²) in [5, 5.41) is 13.0. The van der Waals surface area contributed by atoms with E-state index in [1.807, 2.05) is 52.0 Å². The van der Waals surface area contributed by atoms with Gasteiger partial charge in [0, 0.05) is 19.0 Å². The summed E-state index contributed by atoms with van der Waals surface area (Å²) in [7, 11) is 3.94. The maximum absolute atomic E-state index is 11.2. The zero-order valence-corrected chi connectivity index (χ0v) is 27.5. The van der Waals surface area contributed by atoms with Crippen LogP contribution in [0.4, 0.5) is 4.79 Å². The summed E-state index contributed by atoms with van der Waals surface area (Å²) in [6.07, 6.45) is 17.1. The largest absolute Gasteiger partial charge is 0.465 e. The van der Waals surface area contributed by atoms with E-state index in [1.54, 1.807) is 0 Å². The maximum atomic E-state index is 11.2. The van der Waals surface area contributed by atoms with E-state index in [9.17, 15) is 9.59 Å². The lowest BCUT2D eigenvalue weighted by molar-refractivity contribution is -0.120. The number of amides is 2. The van der Waals surface area contributed by atoms with Crippen LogP contribution in [0.3, 0.4) is 0 Å². The minimum Gasteiger partial charge on any atom is -0.465 e. The number of carbonyl (C=O) groups is 2. The van der Waals surface area contributed by atoms with E-state index in [-0.39, 0.29) is 29.1 Å². The molecule has 0 bridgehead atoms. The Kier molecular flexibility index (Phi) is 19.9. The van der Waals surface area contributed by atoms with Crippen molar-refractivity contribution in [2.45, 2.75) is 118 Å². The van der Waals surface area contributed by atoms with Crippen LogP contribution in [-0.2, 0) is 14.3 Å². The second-order valence-electron chi connectivity index (χ2n) is 12.0. The van der Waals surface area contributed by atoms with Gasteiger partial charge in [-0.15, -0.1) is 12.8 Å². The molecule has 0 aromatic carbocycles. The van der Waals surface area contributed by atoms with Gasteiger partial charge in [0.2, 0.25) is 5.91 Å². The number of allylic oxidation sites excluding steroid dienone is 1. The van der Waals surface area contributed by atoms with E-state index in [2.05, 4.69) is 58.9 Å². The first-order valence-corrected chi connectivity index (χ1v) is 14.9. The summed E-state index contributed by atoms with van der Waals surface area (Å²) in [6.45, 7) is 21.1. The van der Waals surface area contributed by atoms with E-state index in [0.717, 1.165) is 19.6 Å². The predicted octanol–water partition coefficient (Wildman–Crippen LogP) is 6.11. The van der Waals surface area contributed by atoms with Crippen LogP contribution in [0.2, 0.25) is 0 Å². The normalized spacial score (nSPS) is 25.6. The van der Waals surface area contributed by atoms with Gasteiger partial charge in [0.25, 0.3) is 0 Å². The van der Waals surface area contributed by atoms with E-state index in [4.69, 9.17) is 14.6 Å². The van der Waals surface area contributed by atoms with E-state index in [0.29, 0.717) is 18.6 Å². The summed E-state index contributed by atoms with van der Waals surface area (Å²) >= 11 is 0. The lowest BCUT2D eigenvalue weighted by Crippen LogP contribution is -2.43. The van der Waals surface area contributed by atoms with Crippen molar-refractivity contribution >= 4 is 12.0 Å². The highest BCUT2D eigenvalue weighted by atomic mass is 16.6. The second kappa shape index (κ2) is 19.9. The van der Waals surface area contributed by atoms with Crippen LogP contribution in [-0.4, -0.2) is 79.6 Å². The highest BCUT2D eigenvalue weighted by Gasteiger charge is 2.67. The van der Waals surface area contributed by atoms with Crippen molar-refractivity contribution in [3.63, 3.8) is 0 Å². The van der Waals surface area contributed by atoms with Gasteiger partial charge in [-0.05, 0) is 59.5 Å². The lowest BCUT2D eigenvalue weighted by atomic mass is 9.71. The quantitative estimate of drug-likeness (QED) is 0.176. The van der Waals surface area contributed by atoms with Crippen LogP contribution in [0.25, 0.3) is 0 Å². The molecule has 3 aliphatic rings. The molecule has 3 fully saturated rings. The smallest absolute Gasteiger partial charge is 0.405 e. The molecule has 0 radical (unpaired) electrons. The van der Waals surface area contributed by atoms with Gasteiger partial charge < -0.3 is 30.1 Å². The summed E-state index contributed by atoms with van der Waals surface area (Å²) in [4.78, 5) is 23.4. The first-order valence-electron chi connectivity index (χ1n) is 14.9. The first-order chi connectivity index (χ1) is 18.7. The molecule has 4 atom stereocenters. The van der Waals surface area contributed by atoms with Crippen LogP contribution in [0.5, 0.6) is 0 Å². The third-order valence-corrected chi connectivity index (χ3v) is 6.81. The number of carboxylic acid groups (broad SMARTS) is 1. The summed E-state index contributed by atoms with van der Waals surface area (Å²) in [5.74, 6) is 0.327. The highest BCUT2D eigenvalue weighted by molar-refractivity contribution is 5.81. The molecule has 1 saturated carbocycles. The summed E-state index contributed by atoms with van der Waals surface area (Å²) in [6, 6.07) is 0. The van der Waals surface area contributed by atoms with Gasteiger partial charge in [-0.3, -0.25) is 4.79 Å². The number of nitrogens with one attached hydrogen (secondary N) is 2. The Labute approximate surface area is 246 Å². The molecule has 2 saturated heterocycles. The van der Waals surface area contributed by atoms with Crippen LogP contribution >= 0.6 is 0 Å². The Morgan fingerprint density at radius 3 is 2.12 bits per heavy atom. The van der Waals surface area contributed by atoms with Crippen molar-refractivity contribution in [1.29, 1.82) is 0 Å². The Morgan fingerprint density at radius 1 is 1.12 bits per heavy atom. The molecule has 0 aromatic rings. The molecule has 8 nitrogen and oxygen atoms in total. The van der Waals surface area contributed by atoms with Crippen molar-refractivity contribution in [1.82, 2.24) is 15.5 Å². The molecule has 234 valence electrons. The fourth-order valence-electron chi connectivity index (χ4n) is 5.13.